The number of rotatable bonds is 4. The lowest BCUT2D eigenvalue weighted by atomic mass is 10.2. The van der Waals surface area contributed by atoms with Crippen LogP contribution in [-0.4, -0.2) is 30.1 Å². The van der Waals surface area contributed by atoms with Crippen LogP contribution in [0.25, 0.3) is 0 Å². The van der Waals surface area contributed by atoms with Gasteiger partial charge in [0.15, 0.2) is 4.21 Å². The maximum atomic E-state index is 12.2. The first-order valence-electron chi connectivity index (χ1n) is 6.25. The number of hydrogen-bond donors (Lipinski definition) is 3. The molecule has 1 saturated heterocycles. The molecule has 1 aliphatic heterocycles. The standard InChI is InChI=1S/C10H13N5O4S2/c1-5-8(20-10(16)12-5)21(17,18)15-9-14-13-7(19-9)6-3-2-4-11-6/h6,11H,2-4H2,1H3,(H,12,16)(H,14,15). The molecule has 2 aromatic heterocycles. The first kappa shape index (κ1) is 14.2. The Hall–Kier alpha value is -1.72. The van der Waals surface area contributed by atoms with E-state index >= 15 is 0 Å². The summed E-state index contributed by atoms with van der Waals surface area (Å²) in [5.74, 6) is 0.351. The normalized spacial score (nSPS) is 19.0. The Balaban J connectivity index is 1.82. The van der Waals surface area contributed by atoms with Crippen molar-refractivity contribution >= 4 is 27.4 Å². The van der Waals surface area contributed by atoms with Gasteiger partial charge in [0, 0.05) is 5.69 Å². The van der Waals surface area contributed by atoms with Gasteiger partial charge in [-0.15, -0.1) is 5.10 Å². The zero-order valence-corrected chi connectivity index (χ0v) is 12.7. The van der Waals surface area contributed by atoms with Crippen LogP contribution in [0.4, 0.5) is 6.01 Å². The fourth-order valence-electron chi connectivity index (χ4n) is 2.12. The summed E-state index contributed by atoms with van der Waals surface area (Å²) in [5.41, 5.74) is 0.273. The van der Waals surface area contributed by atoms with Crippen LogP contribution in [0.3, 0.4) is 0 Å². The molecule has 3 heterocycles. The molecule has 21 heavy (non-hydrogen) atoms. The number of thiazole rings is 1. The fourth-order valence-corrected chi connectivity index (χ4v) is 4.35. The third-order valence-electron chi connectivity index (χ3n) is 3.05. The third kappa shape index (κ3) is 2.84. The minimum Gasteiger partial charge on any atom is -0.406 e. The molecule has 0 amide bonds. The molecule has 1 atom stereocenters. The fraction of sp³-hybridized carbons (Fsp3) is 0.500. The predicted octanol–water partition coefficient (Wildman–Crippen LogP) is 0.353. The van der Waals surface area contributed by atoms with Crippen LogP contribution < -0.4 is 14.9 Å². The number of nitrogens with zero attached hydrogens (tertiary/aromatic N) is 2. The number of aromatic amines is 1. The molecule has 3 N–H and O–H groups in total. The summed E-state index contributed by atoms with van der Waals surface area (Å²) in [6, 6.07) is -0.250. The second-order valence-corrected chi connectivity index (χ2v) is 7.49. The third-order valence-corrected chi connectivity index (χ3v) is 5.97. The summed E-state index contributed by atoms with van der Waals surface area (Å²) in [7, 11) is -3.91. The van der Waals surface area contributed by atoms with Gasteiger partial charge in [-0.3, -0.25) is 4.79 Å². The van der Waals surface area contributed by atoms with Crippen LogP contribution >= 0.6 is 11.3 Å². The van der Waals surface area contributed by atoms with Crippen molar-refractivity contribution in [2.24, 2.45) is 0 Å². The SMILES string of the molecule is Cc1[nH]c(=O)sc1S(=O)(=O)Nc1nnc(C2CCCN2)o1. The van der Waals surface area contributed by atoms with E-state index in [0.717, 1.165) is 19.4 Å². The lowest BCUT2D eigenvalue weighted by Crippen LogP contribution is -2.13. The minimum absolute atomic E-state index is 0.0409. The molecule has 9 nitrogen and oxygen atoms in total. The molecular formula is C10H13N5O4S2. The Bertz CT molecular complexity index is 800. The molecule has 3 rings (SSSR count). The zero-order valence-electron chi connectivity index (χ0n) is 11.0. The highest BCUT2D eigenvalue weighted by molar-refractivity contribution is 7.94. The second kappa shape index (κ2) is 5.24. The van der Waals surface area contributed by atoms with Gasteiger partial charge in [-0.05, 0) is 26.3 Å². The van der Waals surface area contributed by atoms with Crippen LogP contribution in [0.1, 0.15) is 30.5 Å². The van der Waals surface area contributed by atoms with E-state index in [1.165, 1.54) is 6.92 Å². The van der Waals surface area contributed by atoms with Gasteiger partial charge >= 0.3 is 10.9 Å². The maximum Gasteiger partial charge on any atom is 0.329 e. The van der Waals surface area contributed by atoms with Crippen molar-refractivity contribution in [2.45, 2.75) is 30.0 Å². The number of H-pyrrole nitrogens is 1. The van der Waals surface area contributed by atoms with Crippen LogP contribution in [0.2, 0.25) is 0 Å². The summed E-state index contributed by atoms with van der Waals surface area (Å²) in [6.07, 6.45) is 1.87. The summed E-state index contributed by atoms with van der Waals surface area (Å²) < 4.78 is 31.7. The van der Waals surface area contributed by atoms with Crippen LogP contribution in [0.15, 0.2) is 13.4 Å². The number of sulfonamides is 1. The molecule has 11 heteroatoms. The smallest absolute Gasteiger partial charge is 0.329 e. The van der Waals surface area contributed by atoms with Gasteiger partial charge in [-0.1, -0.05) is 16.4 Å². The van der Waals surface area contributed by atoms with E-state index in [1.54, 1.807) is 0 Å². The van der Waals surface area contributed by atoms with Crippen molar-refractivity contribution in [3.05, 3.63) is 21.3 Å². The van der Waals surface area contributed by atoms with E-state index in [9.17, 15) is 13.2 Å². The molecule has 1 unspecified atom stereocenters. The maximum absolute atomic E-state index is 12.2. The predicted molar refractivity (Wildman–Crippen MR) is 74.8 cm³/mol. The van der Waals surface area contributed by atoms with Crippen LogP contribution in [0.5, 0.6) is 0 Å². The van der Waals surface area contributed by atoms with Gasteiger partial charge in [-0.25, -0.2) is 13.1 Å². The molecule has 1 fully saturated rings. The minimum atomic E-state index is -3.91. The van der Waals surface area contributed by atoms with Gasteiger partial charge in [0.2, 0.25) is 5.89 Å². The molecule has 114 valence electrons. The van der Waals surface area contributed by atoms with E-state index in [4.69, 9.17) is 4.42 Å². The number of hydrogen-bond acceptors (Lipinski definition) is 8. The summed E-state index contributed by atoms with van der Waals surface area (Å²) in [4.78, 5) is 13.2. The van der Waals surface area contributed by atoms with Crippen molar-refractivity contribution < 1.29 is 12.8 Å². The van der Waals surface area contributed by atoms with E-state index in [2.05, 4.69) is 25.2 Å². The number of aryl methyl sites for hydroxylation is 1. The first-order valence-corrected chi connectivity index (χ1v) is 8.55. The van der Waals surface area contributed by atoms with E-state index < -0.39 is 14.9 Å². The van der Waals surface area contributed by atoms with Gasteiger partial charge in [0.1, 0.15) is 0 Å². The van der Waals surface area contributed by atoms with E-state index in [1.807, 2.05) is 0 Å². The number of aromatic nitrogens is 3. The lowest BCUT2D eigenvalue weighted by Gasteiger charge is -2.03. The Kier molecular flexibility index (Phi) is 3.55. The molecule has 0 bridgehead atoms. The largest absolute Gasteiger partial charge is 0.406 e. The first-order chi connectivity index (χ1) is 9.95. The molecule has 1 aliphatic rings. The summed E-state index contributed by atoms with van der Waals surface area (Å²) in [6.45, 7) is 2.37. The average molecular weight is 331 g/mol. The van der Waals surface area contributed by atoms with Gasteiger partial charge in [-0.2, -0.15) is 0 Å². The Morgan fingerprint density at radius 2 is 2.24 bits per heavy atom. The molecule has 0 aromatic carbocycles. The molecule has 2 aromatic rings. The average Bonchev–Trinajstić information content (AvgIpc) is 3.08. The number of nitrogens with one attached hydrogen (secondary N) is 3. The second-order valence-electron chi connectivity index (χ2n) is 4.63. The van der Waals surface area contributed by atoms with E-state index in [0.29, 0.717) is 17.2 Å². The molecule has 0 spiro atoms. The Morgan fingerprint density at radius 1 is 1.43 bits per heavy atom. The Labute approximate surface area is 123 Å². The highest BCUT2D eigenvalue weighted by Gasteiger charge is 2.26. The monoisotopic (exact) mass is 331 g/mol. The van der Waals surface area contributed by atoms with Crippen molar-refractivity contribution in [2.75, 3.05) is 11.3 Å². The molecule has 0 aliphatic carbocycles. The van der Waals surface area contributed by atoms with Crippen molar-refractivity contribution in [1.29, 1.82) is 0 Å². The molecule has 0 saturated carbocycles. The highest BCUT2D eigenvalue weighted by Crippen LogP contribution is 2.24. The zero-order chi connectivity index (χ0) is 15.0. The van der Waals surface area contributed by atoms with Crippen molar-refractivity contribution in [3.63, 3.8) is 0 Å². The van der Waals surface area contributed by atoms with Gasteiger partial charge < -0.3 is 14.7 Å². The quantitative estimate of drug-likeness (QED) is 0.737. The van der Waals surface area contributed by atoms with Crippen LogP contribution in [0, 0.1) is 6.92 Å². The van der Waals surface area contributed by atoms with Crippen molar-refractivity contribution in [3.8, 4) is 0 Å². The van der Waals surface area contributed by atoms with E-state index in [-0.39, 0.29) is 22.0 Å². The molecular weight excluding hydrogens is 318 g/mol. The highest BCUT2D eigenvalue weighted by atomic mass is 32.2. The topological polar surface area (TPSA) is 130 Å². The van der Waals surface area contributed by atoms with Gasteiger partial charge in [0.25, 0.3) is 10.0 Å². The van der Waals surface area contributed by atoms with Crippen molar-refractivity contribution in [1.82, 2.24) is 20.5 Å². The number of anilines is 1. The molecule has 0 radical (unpaired) electrons. The Morgan fingerprint density at radius 3 is 2.86 bits per heavy atom. The van der Waals surface area contributed by atoms with Gasteiger partial charge in [0.05, 0.1) is 6.04 Å². The lowest BCUT2D eigenvalue weighted by molar-refractivity contribution is 0.439. The van der Waals surface area contributed by atoms with Crippen LogP contribution in [-0.2, 0) is 10.0 Å². The summed E-state index contributed by atoms with van der Waals surface area (Å²) in [5, 5.41) is 10.7. The summed E-state index contributed by atoms with van der Waals surface area (Å²) >= 11 is 0.609.